The number of aromatic nitrogens is 1. The summed E-state index contributed by atoms with van der Waals surface area (Å²) < 4.78 is 2.51. The normalized spacial score (nSPS) is 16.2. The molecule has 0 radical (unpaired) electrons. The number of benzene rings is 1. The third-order valence-electron chi connectivity index (χ3n) is 4.62. The molecule has 2 heteroatoms. The number of hydrogen-bond acceptors (Lipinski definition) is 1. The lowest BCUT2D eigenvalue weighted by Gasteiger charge is -2.11. The van der Waals surface area contributed by atoms with Crippen molar-refractivity contribution in [1.82, 2.24) is 9.88 Å². The van der Waals surface area contributed by atoms with Crippen molar-refractivity contribution in [2.45, 2.75) is 45.6 Å². The molecule has 0 atom stereocenters. The van der Waals surface area contributed by atoms with Crippen molar-refractivity contribution in [2.75, 3.05) is 13.1 Å². The fourth-order valence-corrected chi connectivity index (χ4v) is 3.54. The fourth-order valence-electron chi connectivity index (χ4n) is 3.54. The Morgan fingerprint density at radius 3 is 2.80 bits per heavy atom. The van der Waals surface area contributed by atoms with E-state index in [0.717, 1.165) is 25.4 Å². The van der Waals surface area contributed by atoms with Gasteiger partial charge in [0.2, 0.25) is 0 Å². The number of para-hydroxylation sites is 1. The number of likely N-dealkylation sites (N-methyl/N-ethyl adjacent to an activating group) is 1. The Labute approximate surface area is 122 Å². The predicted molar refractivity (Wildman–Crippen MR) is 86.1 cm³/mol. The van der Waals surface area contributed by atoms with E-state index in [1.54, 1.807) is 0 Å². The van der Waals surface area contributed by atoms with Crippen molar-refractivity contribution in [3.63, 3.8) is 0 Å². The zero-order valence-electron chi connectivity index (χ0n) is 12.6. The first-order chi connectivity index (χ1) is 9.88. The molecular formula is C18H26N2. The van der Waals surface area contributed by atoms with Gasteiger partial charge in [-0.05, 0) is 49.9 Å². The first-order valence-electron chi connectivity index (χ1n) is 8.16. The van der Waals surface area contributed by atoms with Crippen LogP contribution in [0.5, 0.6) is 0 Å². The van der Waals surface area contributed by atoms with E-state index >= 15 is 0 Å². The lowest BCUT2D eigenvalue weighted by atomic mass is 10.1. The summed E-state index contributed by atoms with van der Waals surface area (Å²) >= 11 is 0. The molecule has 1 fully saturated rings. The zero-order valence-corrected chi connectivity index (χ0v) is 12.6. The van der Waals surface area contributed by atoms with E-state index in [0.29, 0.717) is 0 Å². The molecule has 0 spiro atoms. The van der Waals surface area contributed by atoms with Crippen LogP contribution in [0.2, 0.25) is 0 Å². The van der Waals surface area contributed by atoms with E-state index in [4.69, 9.17) is 0 Å². The number of fused-ring (bicyclic) bond motifs is 1. The number of nitrogens with one attached hydrogen (secondary N) is 1. The van der Waals surface area contributed by atoms with Crippen LogP contribution in [0.15, 0.2) is 30.5 Å². The van der Waals surface area contributed by atoms with Crippen LogP contribution in [-0.4, -0.2) is 17.7 Å². The Morgan fingerprint density at radius 2 is 2.00 bits per heavy atom. The van der Waals surface area contributed by atoms with Gasteiger partial charge in [-0.15, -0.1) is 0 Å². The largest absolute Gasteiger partial charge is 0.347 e. The van der Waals surface area contributed by atoms with Crippen LogP contribution in [0, 0.1) is 5.92 Å². The summed E-state index contributed by atoms with van der Waals surface area (Å²) in [5.74, 6) is 0.896. The van der Waals surface area contributed by atoms with Gasteiger partial charge in [0, 0.05) is 23.6 Å². The Bertz CT molecular complexity index is 550. The molecule has 1 N–H and O–H groups in total. The molecule has 1 aliphatic carbocycles. The molecule has 0 amide bonds. The zero-order chi connectivity index (χ0) is 13.8. The lowest BCUT2D eigenvalue weighted by Crippen LogP contribution is -2.15. The maximum absolute atomic E-state index is 3.43. The van der Waals surface area contributed by atoms with Crippen molar-refractivity contribution in [3.8, 4) is 0 Å². The van der Waals surface area contributed by atoms with Gasteiger partial charge in [0.1, 0.15) is 0 Å². The van der Waals surface area contributed by atoms with Crippen molar-refractivity contribution >= 4 is 10.9 Å². The molecule has 0 saturated heterocycles. The van der Waals surface area contributed by atoms with Crippen LogP contribution in [0.4, 0.5) is 0 Å². The Hall–Kier alpha value is -1.28. The van der Waals surface area contributed by atoms with E-state index in [2.05, 4.69) is 47.3 Å². The second kappa shape index (κ2) is 6.45. The first kappa shape index (κ1) is 13.7. The van der Waals surface area contributed by atoms with Crippen LogP contribution >= 0.6 is 0 Å². The van der Waals surface area contributed by atoms with Crippen molar-refractivity contribution in [1.29, 1.82) is 0 Å². The highest BCUT2D eigenvalue weighted by molar-refractivity contribution is 5.84. The smallest absolute Gasteiger partial charge is 0.0483 e. The molecule has 1 aromatic heterocycles. The van der Waals surface area contributed by atoms with E-state index in [1.165, 1.54) is 48.7 Å². The number of rotatable bonds is 6. The Balaban J connectivity index is 1.83. The molecule has 0 aliphatic heterocycles. The summed E-state index contributed by atoms with van der Waals surface area (Å²) in [5.41, 5.74) is 2.92. The average molecular weight is 270 g/mol. The fraction of sp³-hybridized carbons (Fsp3) is 0.556. The van der Waals surface area contributed by atoms with Gasteiger partial charge < -0.3 is 9.88 Å². The molecule has 2 nitrogen and oxygen atoms in total. The van der Waals surface area contributed by atoms with Gasteiger partial charge in [-0.1, -0.05) is 38.0 Å². The van der Waals surface area contributed by atoms with Gasteiger partial charge in [0.15, 0.2) is 0 Å². The SMILES string of the molecule is CCNCCc1cn(CC2CCCC2)c2ccccc12. The summed E-state index contributed by atoms with van der Waals surface area (Å²) in [6.07, 6.45) is 9.22. The van der Waals surface area contributed by atoms with E-state index in [1.807, 2.05) is 0 Å². The van der Waals surface area contributed by atoms with Crippen LogP contribution in [0.25, 0.3) is 10.9 Å². The maximum Gasteiger partial charge on any atom is 0.0483 e. The van der Waals surface area contributed by atoms with Crippen molar-refractivity contribution in [3.05, 3.63) is 36.0 Å². The van der Waals surface area contributed by atoms with E-state index in [9.17, 15) is 0 Å². The van der Waals surface area contributed by atoms with Gasteiger partial charge in [-0.25, -0.2) is 0 Å². The average Bonchev–Trinajstić information content (AvgIpc) is 3.09. The molecule has 3 rings (SSSR count). The highest BCUT2D eigenvalue weighted by Gasteiger charge is 2.17. The molecule has 108 valence electrons. The highest BCUT2D eigenvalue weighted by Crippen LogP contribution is 2.29. The minimum absolute atomic E-state index is 0.896. The summed E-state index contributed by atoms with van der Waals surface area (Å²) in [4.78, 5) is 0. The maximum atomic E-state index is 3.43. The first-order valence-corrected chi connectivity index (χ1v) is 8.16. The predicted octanol–water partition coefficient (Wildman–Crippen LogP) is 3.98. The Kier molecular flexibility index (Phi) is 4.41. The molecule has 1 heterocycles. The third kappa shape index (κ3) is 2.90. The monoisotopic (exact) mass is 270 g/mol. The van der Waals surface area contributed by atoms with E-state index in [-0.39, 0.29) is 0 Å². The molecule has 0 unspecified atom stereocenters. The van der Waals surface area contributed by atoms with Crippen molar-refractivity contribution in [2.24, 2.45) is 5.92 Å². The molecule has 1 saturated carbocycles. The molecule has 20 heavy (non-hydrogen) atoms. The summed E-state index contributed by atoms with van der Waals surface area (Å²) in [7, 11) is 0. The molecule has 1 aromatic carbocycles. The van der Waals surface area contributed by atoms with Gasteiger partial charge in [-0.3, -0.25) is 0 Å². The van der Waals surface area contributed by atoms with Gasteiger partial charge in [0.05, 0.1) is 0 Å². The minimum Gasteiger partial charge on any atom is -0.347 e. The third-order valence-corrected chi connectivity index (χ3v) is 4.62. The van der Waals surface area contributed by atoms with Gasteiger partial charge in [-0.2, -0.15) is 0 Å². The topological polar surface area (TPSA) is 17.0 Å². The summed E-state index contributed by atoms with van der Waals surface area (Å²) in [5, 5.41) is 4.88. The summed E-state index contributed by atoms with van der Waals surface area (Å²) in [6.45, 7) is 5.51. The molecule has 0 bridgehead atoms. The quantitative estimate of drug-likeness (QED) is 0.786. The minimum atomic E-state index is 0.896. The lowest BCUT2D eigenvalue weighted by molar-refractivity contribution is 0.465. The Morgan fingerprint density at radius 1 is 1.20 bits per heavy atom. The van der Waals surface area contributed by atoms with Crippen LogP contribution < -0.4 is 5.32 Å². The highest BCUT2D eigenvalue weighted by atomic mass is 15.0. The molecule has 1 aliphatic rings. The second-order valence-electron chi connectivity index (χ2n) is 6.08. The van der Waals surface area contributed by atoms with Crippen LogP contribution in [0.1, 0.15) is 38.2 Å². The van der Waals surface area contributed by atoms with Crippen LogP contribution in [0.3, 0.4) is 0 Å². The van der Waals surface area contributed by atoms with Crippen LogP contribution in [-0.2, 0) is 13.0 Å². The summed E-state index contributed by atoms with van der Waals surface area (Å²) in [6, 6.07) is 8.89. The van der Waals surface area contributed by atoms with Crippen molar-refractivity contribution < 1.29 is 0 Å². The van der Waals surface area contributed by atoms with Gasteiger partial charge >= 0.3 is 0 Å². The second-order valence-corrected chi connectivity index (χ2v) is 6.08. The van der Waals surface area contributed by atoms with E-state index < -0.39 is 0 Å². The van der Waals surface area contributed by atoms with Gasteiger partial charge in [0.25, 0.3) is 0 Å². The number of nitrogens with zero attached hydrogens (tertiary/aromatic N) is 1. The molecule has 2 aromatic rings. The standard InChI is InChI=1S/C18H26N2/c1-2-19-12-11-16-14-20(13-15-7-3-4-8-15)18-10-6-5-9-17(16)18/h5-6,9-10,14-15,19H,2-4,7-8,11-13H2,1H3. The molecular weight excluding hydrogens is 244 g/mol. The number of hydrogen-bond donors (Lipinski definition) is 1.